The van der Waals surface area contributed by atoms with E-state index in [-0.39, 0.29) is 0 Å². The van der Waals surface area contributed by atoms with Crippen LogP contribution in [0, 0.1) is 0 Å². The summed E-state index contributed by atoms with van der Waals surface area (Å²) in [5, 5.41) is 9.01. The molecule has 122 valence electrons. The Hall–Kier alpha value is -2.45. The smallest absolute Gasteiger partial charge is 0.264 e. The van der Waals surface area contributed by atoms with Crippen LogP contribution in [-0.2, 0) is 16.4 Å². The average Bonchev–Trinajstić information content (AvgIpc) is 3.21. The zero-order chi connectivity index (χ0) is 16.7. The normalized spacial score (nSPS) is 13.9. The number of aromatic nitrogens is 2. The number of hydrogen-bond acceptors (Lipinski definition) is 6. The van der Waals surface area contributed by atoms with Crippen LogP contribution in [0.3, 0.4) is 0 Å². The maximum absolute atomic E-state index is 12.8. The maximum Gasteiger partial charge on any atom is 0.264 e. The second-order valence-corrected chi connectivity index (χ2v) is 8.30. The van der Waals surface area contributed by atoms with Crippen molar-refractivity contribution in [2.24, 2.45) is 0 Å². The standard InChI is InChI=1S/C16H14N4O2S2/c17-16-19-18-15(23-16)12-6-7-14-11(10-12)8-9-20(14)24(21,22)13-4-2-1-3-5-13/h1-7,10H,8-9H2,(H2,17,19). The summed E-state index contributed by atoms with van der Waals surface area (Å²) in [7, 11) is -3.54. The van der Waals surface area contributed by atoms with Crippen LogP contribution >= 0.6 is 11.3 Å². The first kappa shape index (κ1) is 15.1. The van der Waals surface area contributed by atoms with Crippen LogP contribution in [0.25, 0.3) is 10.6 Å². The molecule has 6 nitrogen and oxygen atoms in total. The molecule has 0 amide bonds. The van der Waals surface area contributed by atoms with Gasteiger partial charge in [0.25, 0.3) is 10.0 Å². The van der Waals surface area contributed by atoms with E-state index >= 15 is 0 Å². The van der Waals surface area contributed by atoms with Crippen molar-refractivity contribution in [3.8, 4) is 10.6 Å². The van der Waals surface area contributed by atoms with Gasteiger partial charge in [0.15, 0.2) is 0 Å². The summed E-state index contributed by atoms with van der Waals surface area (Å²) < 4.78 is 27.2. The summed E-state index contributed by atoms with van der Waals surface area (Å²) in [6, 6.07) is 14.2. The molecule has 3 aromatic rings. The van der Waals surface area contributed by atoms with E-state index in [0.29, 0.717) is 23.0 Å². The Morgan fingerprint density at radius 2 is 1.88 bits per heavy atom. The fourth-order valence-electron chi connectivity index (χ4n) is 2.83. The SMILES string of the molecule is Nc1nnc(-c2ccc3c(c2)CCN3S(=O)(=O)c2ccccc2)s1. The third-order valence-electron chi connectivity index (χ3n) is 3.95. The van der Waals surface area contributed by atoms with Crippen LogP contribution in [-0.4, -0.2) is 25.2 Å². The maximum atomic E-state index is 12.8. The molecule has 0 bridgehead atoms. The number of nitrogens with zero attached hydrogens (tertiary/aromatic N) is 3. The minimum absolute atomic E-state index is 0.304. The molecule has 0 atom stereocenters. The van der Waals surface area contributed by atoms with Gasteiger partial charge in [-0.2, -0.15) is 0 Å². The molecule has 24 heavy (non-hydrogen) atoms. The molecule has 8 heteroatoms. The first-order valence-corrected chi connectivity index (χ1v) is 9.61. The topological polar surface area (TPSA) is 89.2 Å². The van der Waals surface area contributed by atoms with Crippen LogP contribution in [0.2, 0.25) is 0 Å². The fourth-order valence-corrected chi connectivity index (χ4v) is 4.96. The number of sulfonamides is 1. The molecule has 2 aromatic carbocycles. The summed E-state index contributed by atoms with van der Waals surface area (Å²) in [6.07, 6.45) is 0.670. The molecule has 1 aliphatic heterocycles. The lowest BCUT2D eigenvalue weighted by Gasteiger charge is -2.19. The van der Waals surface area contributed by atoms with Gasteiger partial charge in [-0.25, -0.2) is 8.42 Å². The van der Waals surface area contributed by atoms with Crippen LogP contribution in [0.15, 0.2) is 53.4 Å². The lowest BCUT2D eigenvalue weighted by molar-refractivity contribution is 0.592. The number of rotatable bonds is 3. The molecule has 4 rings (SSSR count). The van der Waals surface area contributed by atoms with Gasteiger partial charge in [0.2, 0.25) is 5.13 Å². The number of nitrogens with two attached hydrogens (primary N) is 1. The Balaban J connectivity index is 1.73. The summed E-state index contributed by atoms with van der Waals surface area (Å²) in [6.45, 7) is 0.439. The van der Waals surface area contributed by atoms with Gasteiger partial charge >= 0.3 is 0 Å². The largest absolute Gasteiger partial charge is 0.374 e. The monoisotopic (exact) mass is 358 g/mol. The Morgan fingerprint density at radius 3 is 2.58 bits per heavy atom. The molecular formula is C16H14N4O2S2. The molecule has 1 aliphatic rings. The highest BCUT2D eigenvalue weighted by atomic mass is 32.2. The molecule has 2 heterocycles. The van der Waals surface area contributed by atoms with E-state index in [0.717, 1.165) is 21.8 Å². The predicted octanol–water partition coefficient (Wildman–Crippen LogP) is 2.54. The van der Waals surface area contributed by atoms with Crippen molar-refractivity contribution in [1.29, 1.82) is 0 Å². The Morgan fingerprint density at radius 1 is 1.08 bits per heavy atom. The molecule has 0 saturated carbocycles. The van der Waals surface area contributed by atoms with Crippen molar-refractivity contribution < 1.29 is 8.42 Å². The van der Waals surface area contributed by atoms with E-state index < -0.39 is 10.0 Å². The van der Waals surface area contributed by atoms with Gasteiger partial charge in [-0.15, -0.1) is 10.2 Å². The Labute approximate surface area is 143 Å². The van der Waals surface area contributed by atoms with E-state index in [1.54, 1.807) is 30.3 Å². The number of nitrogen functional groups attached to an aromatic ring is 1. The summed E-state index contributed by atoms with van der Waals surface area (Å²) >= 11 is 1.31. The van der Waals surface area contributed by atoms with Crippen LogP contribution in [0.4, 0.5) is 10.8 Å². The van der Waals surface area contributed by atoms with Crippen molar-refractivity contribution in [2.75, 3.05) is 16.6 Å². The first-order chi connectivity index (χ1) is 11.6. The highest BCUT2D eigenvalue weighted by Crippen LogP contribution is 2.36. The highest BCUT2D eigenvalue weighted by Gasteiger charge is 2.31. The van der Waals surface area contributed by atoms with Crippen molar-refractivity contribution >= 4 is 32.2 Å². The van der Waals surface area contributed by atoms with E-state index in [9.17, 15) is 8.42 Å². The zero-order valence-corrected chi connectivity index (χ0v) is 14.2. The van der Waals surface area contributed by atoms with Crippen LogP contribution in [0.5, 0.6) is 0 Å². The number of benzene rings is 2. The van der Waals surface area contributed by atoms with Gasteiger partial charge < -0.3 is 5.73 Å². The van der Waals surface area contributed by atoms with E-state index in [2.05, 4.69) is 10.2 Å². The Kier molecular flexibility index (Phi) is 3.50. The minimum atomic E-state index is -3.54. The van der Waals surface area contributed by atoms with Gasteiger partial charge in [-0.1, -0.05) is 29.5 Å². The third kappa shape index (κ3) is 2.44. The summed E-state index contributed by atoms with van der Waals surface area (Å²) in [5.74, 6) is 0. The predicted molar refractivity (Wildman–Crippen MR) is 94.4 cm³/mol. The van der Waals surface area contributed by atoms with Gasteiger partial charge in [0.1, 0.15) is 5.01 Å². The molecule has 1 aromatic heterocycles. The van der Waals surface area contributed by atoms with Crippen molar-refractivity contribution in [3.63, 3.8) is 0 Å². The molecular weight excluding hydrogens is 344 g/mol. The van der Waals surface area contributed by atoms with Crippen molar-refractivity contribution in [1.82, 2.24) is 10.2 Å². The van der Waals surface area contributed by atoms with Gasteiger partial charge in [-0.3, -0.25) is 4.31 Å². The van der Waals surface area contributed by atoms with E-state index in [1.807, 2.05) is 18.2 Å². The number of hydrogen-bond donors (Lipinski definition) is 1. The lowest BCUT2D eigenvalue weighted by Crippen LogP contribution is -2.29. The molecule has 2 N–H and O–H groups in total. The lowest BCUT2D eigenvalue weighted by atomic mass is 10.1. The van der Waals surface area contributed by atoms with E-state index in [4.69, 9.17) is 5.73 Å². The quantitative estimate of drug-likeness (QED) is 0.777. The Bertz CT molecular complexity index is 1000. The minimum Gasteiger partial charge on any atom is -0.374 e. The van der Waals surface area contributed by atoms with Crippen molar-refractivity contribution in [3.05, 3.63) is 54.1 Å². The molecule has 0 radical (unpaired) electrons. The van der Waals surface area contributed by atoms with Gasteiger partial charge in [0, 0.05) is 12.1 Å². The molecule has 0 aliphatic carbocycles. The average molecular weight is 358 g/mol. The van der Waals surface area contributed by atoms with E-state index in [1.165, 1.54) is 15.6 Å². The van der Waals surface area contributed by atoms with Gasteiger partial charge in [0.05, 0.1) is 10.6 Å². The summed E-state index contributed by atoms with van der Waals surface area (Å²) in [4.78, 5) is 0.304. The molecule has 0 unspecified atom stereocenters. The second kappa shape index (κ2) is 5.57. The number of anilines is 2. The van der Waals surface area contributed by atoms with Crippen LogP contribution < -0.4 is 10.0 Å². The van der Waals surface area contributed by atoms with Gasteiger partial charge in [-0.05, 0) is 42.3 Å². The molecule has 0 fully saturated rings. The second-order valence-electron chi connectivity index (χ2n) is 5.43. The van der Waals surface area contributed by atoms with Crippen LogP contribution in [0.1, 0.15) is 5.56 Å². The molecule has 0 saturated heterocycles. The third-order valence-corrected chi connectivity index (χ3v) is 6.58. The number of fused-ring (bicyclic) bond motifs is 1. The zero-order valence-electron chi connectivity index (χ0n) is 12.6. The fraction of sp³-hybridized carbons (Fsp3) is 0.125. The molecule has 0 spiro atoms. The first-order valence-electron chi connectivity index (χ1n) is 7.36. The summed E-state index contributed by atoms with van der Waals surface area (Å²) in [5.41, 5.74) is 8.24. The highest BCUT2D eigenvalue weighted by molar-refractivity contribution is 7.92. The van der Waals surface area contributed by atoms with Crippen molar-refractivity contribution in [2.45, 2.75) is 11.3 Å².